The molecule has 0 amide bonds. The molecule has 2 unspecified atom stereocenters. The number of halogens is 1. The minimum absolute atomic E-state index is 0.111. The Balaban J connectivity index is 1.26. The van der Waals surface area contributed by atoms with Crippen LogP contribution in [-0.2, 0) is 17.9 Å². The molecule has 2 atom stereocenters. The summed E-state index contributed by atoms with van der Waals surface area (Å²) >= 11 is -1.39. The molecule has 8 nitrogen and oxygen atoms in total. The highest BCUT2D eigenvalue weighted by molar-refractivity contribution is 7.89. The van der Waals surface area contributed by atoms with Crippen LogP contribution in [0.4, 0.5) is 21.5 Å². The molecular formula is C25H29FN6O2S. The average molecular weight is 497 g/mol. The van der Waals surface area contributed by atoms with Crippen molar-refractivity contribution < 1.29 is 14.0 Å². The Kier molecular flexibility index (Phi) is 7.05. The lowest BCUT2D eigenvalue weighted by Gasteiger charge is -2.40. The highest BCUT2D eigenvalue weighted by Crippen LogP contribution is 2.31. The average Bonchev–Trinajstić information content (AvgIpc) is 3.58. The summed E-state index contributed by atoms with van der Waals surface area (Å²) < 4.78 is 30.2. The Morgan fingerprint density at radius 1 is 1.20 bits per heavy atom. The second kappa shape index (κ2) is 10.4. The van der Waals surface area contributed by atoms with Crippen molar-refractivity contribution in [3.8, 4) is 0 Å². The normalized spacial score (nSPS) is 19.5. The topological polar surface area (TPSA) is 103 Å². The van der Waals surface area contributed by atoms with Gasteiger partial charge in [-0.3, -0.25) is 4.68 Å². The maximum absolute atomic E-state index is 13.3. The van der Waals surface area contributed by atoms with Crippen molar-refractivity contribution in [1.82, 2.24) is 14.1 Å². The van der Waals surface area contributed by atoms with E-state index in [-0.39, 0.29) is 18.5 Å². The van der Waals surface area contributed by atoms with E-state index in [1.54, 1.807) is 18.3 Å². The number of rotatable bonds is 9. The summed E-state index contributed by atoms with van der Waals surface area (Å²) in [6.07, 6.45) is 7.27. The van der Waals surface area contributed by atoms with Gasteiger partial charge in [0.15, 0.2) is 0 Å². The van der Waals surface area contributed by atoms with Gasteiger partial charge in [-0.05, 0) is 61.2 Å². The third-order valence-electron chi connectivity index (χ3n) is 6.48. The van der Waals surface area contributed by atoms with E-state index in [1.807, 2.05) is 33.4 Å². The zero-order valence-electron chi connectivity index (χ0n) is 19.3. The largest absolute Gasteiger partial charge is 0.593 e. The molecule has 2 heterocycles. The van der Waals surface area contributed by atoms with Crippen LogP contribution in [0.5, 0.6) is 0 Å². The summed E-state index contributed by atoms with van der Waals surface area (Å²) in [5.41, 5.74) is 3.10. The van der Waals surface area contributed by atoms with Gasteiger partial charge in [0.25, 0.3) is 0 Å². The van der Waals surface area contributed by atoms with E-state index < -0.39 is 11.4 Å². The molecule has 1 saturated heterocycles. The number of aromatic nitrogens is 2. The lowest BCUT2D eigenvalue weighted by atomic mass is 10.1. The number of hydrogen-bond acceptors (Lipinski definition) is 7. The minimum Gasteiger partial charge on any atom is -0.593 e. The zero-order valence-corrected chi connectivity index (χ0v) is 20.1. The van der Waals surface area contributed by atoms with E-state index in [4.69, 9.17) is 5.41 Å². The summed E-state index contributed by atoms with van der Waals surface area (Å²) in [5, 5.41) is 25.5. The van der Waals surface area contributed by atoms with E-state index in [1.165, 1.54) is 31.2 Å². The quantitative estimate of drug-likeness (QED) is 0.310. The molecule has 3 N–H and O–H groups in total. The van der Waals surface area contributed by atoms with Crippen molar-refractivity contribution in [2.75, 3.05) is 36.5 Å². The van der Waals surface area contributed by atoms with Crippen LogP contribution in [0.2, 0.25) is 0 Å². The van der Waals surface area contributed by atoms with Crippen LogP contribution in [-0.4, -0.2) is 62.2 Å². The highest BCUT2D eigenvalue weighted by Gasteiger charge is 2.36. The molecule has 0 bridgehead atoms. The molecule has 0 radical (unpaired) electrons. The van der Waals surface area contributed by atoms with E-state index in [0.29, 0.717) is 36.0 Å². The van der Waals surface area contributed by atoms with E-state index in [2.05, 4.69) is 15.3 Å². The van der Waals surface area contributed by atoms with Crippen LogP contribution >= 0.6 is 0 Å². The minimum atomic E-state index is -1.39. The van der Waals surface area contributed by atoms with Crippen LogP contribution in [0.25, 0.3) is 0 Å². The Labute approximate surface area is 207 Å². The zero-order chi connectivity index (χ0) is 24.4. The molecule has 5 rings (SSSR count). The molecule has 1 saturated carbocycles. The van der Waals surface area contributed by atoms with Crippen LogP contribution in [0, 0.1) is 17.1 Å². The molecule has 2 aromatic carbocycles. The van der Waals surface area contributed by atoms with Crippen LogP contribution in [0.15, 0.2) is 59.8 Å². The second-order valence-electron chi connectivity index (χ2n) is 9.06. The SMILES string of the molecule is N=Cc1cc(N2CCN([S+]([O-])c3cnn(CC4CC4)c3)C(CO)C2)ccc1Nc1ccc(F)cc1. The molecule has 10 heteroatoms. The van der Waals surface area contributed by atoms with Gasteiger partial charge in [0.05, 0.1) is 36.8 Å². The summed E-state index contributed by atoms with van der Waals surface area (Å²) in [4.78, 5) is 2.81. The predicted octanol–water partition coefficient (Wildman–Crippen LogP) is 3.38. The molecular weight excluding hydrogens is 467 g/mol. The Bertz CT molecular complexity index is 1170. The molecule has 1 aliphatic heterocycles. The maximum Gasteiger partial charge on any atom is 0.211 e. The van der Waals surface area contributed by atoms with Crippen molar-refractivity contribution in [1.29, 1.82) is 5.41 Å². The predicted molar refractivity (Wildman–Crippen MR) is 135 cm³/mol. The van der Waals surface area contributed by atoms with Crippen LogP contribution < -0.4 is 10.2 Å². The number of nitrogens with zero attached hydrogens (tertiary/aromatic N) is 4. The standard InChI is InChI=1S/C25H29FN6O2S/c26-20-3-5-21(6-4-20)29-25-8-7-22(11-19(25)12-27)30-9-10-32(23(15-30)17-33)35(34)24-13-28-31(16-24)14-18-1-2-18/h3-8,11-13,16,18,23,27,29,33H,1-2,9-10,14-15,17H2. The van der Waals surface area contributed by atoms with Crippen molar-refractivity contribution in [3.05, 3.63) is 66.2 Å². The molecule has 35 heavy (non-hydrogen) atoms. The third kappa shape index (κ3) is 5.51. The number of hydrogen-bond donors (Lipinski definition) is 3. The van der Waals surface area contributed by atoms with Gasteiger partial charge < -0.3 is 25.3 Å². The molecule has 1 aromatic heterocycles. The van der Waals surface area contributed by atoms with Gasteiger partial charge in [0, 0.05) is 48.5 Å². The van der Waals surface area contributed by atoms with Crippen molar-refractivity contribution in [2.24, 2.45) is 5.92 Å². The first-order valence-corrected chi connectivity index (χ1v) is 12.9. The van der Waals surface area contributed by atoms with Gasteiger partial charge >= 0.3 is 0 Å². The Morgan fingerprint density at radius 3 is 2.71 bits per heavy atom. The van der Waals surface area contributed by atoms with Gasteiger partial charge in [-0.15, -0.1) is 4.31 Å². The lowest BCUT2D eigenvalue weighted by Crippen LogP contribution is -2.56. The molecule has 3 aromatic rings. The first-order valence-electron chi connectivity index (χ1n) is 11.8. The van der Waals surface area contributed by atoms with Gasteiger partial charge in [-0.1, -0.05) is 0 Å². The first-order chi connectivity index (χ1) is 17.0. The fourth-order valence-electron chi connectivity index (χ4n) is 4.34. The molecule has 1 aliphatic carbocycles. The number of piperazine rings is 1. The number of nitrogens with one attached hydrogen (secondary N) is 2. The summed E-state index contributed by atoms with van der Waals surface area (Å²) in [6, 6.07) is 11.6. The molecule has 184 valence electrons. The van der Waals surface area contributed by atoms with Crippen molar-refractivity contribution in [2.45, 2.75) is 30.3 Å². The fraction of sp³-hybridized carbons (Fsp3) is 0.360. The van der Waals surface area contributed by atoms with Gasteiger partial charge in [-0.25, -0.2) is 4.39 Å². The highest BCUT2D eigenvalue weighted by atomic mass is 32.2. The molecule has 2 fully saturated rings. The monoisotopic (exact) mass is 496 g/mol. The maximum atomic E-state index is 13.3. The van der Waals surface area contributed by atoms with E-state index in [9.17, 15) is 14.0 Å². The van der Waals surface area contributed by atoms with Crippen molar-refractivity contribution in [3.63, 3.8) is 0 Å². The third-order valence-corrected chi connectivity index (χ3v) is 8.01. The molecule has 2 aliphatic rings. The number of aliphatic hydroxyl groups is 1. The van der Waals surface area contributed by atoms with Crippen LogP contribution in [0.1, 0.15) is 18.4 Å². The first kappa shape index (κ1) is 23.8. The van der Waals surface area contributed by atoms with Gasteiger partial charge in [0.2, 0.25) is 4.90 Å². The number of aliphatic hydroxyl groups excluding tert-OH is 1. The second-order valence-corrected chi connectivity index (χ2v) is 10.5. The van der Waals surface area contributed by atoms with Gasteiger partial charge in [-0.2, -0.15) is 5.10 Å². The van der Waals surface area contributed by atoms with Crippen molar-refractivity contribution >= 4 is 34.6 Å². The Morgan fingerprint density at radius 2 is 2.00 bits per heavy atom. The number of benzene rings is 2. The summed E-state index contributed by atoms with van der Waals surface area (Å²) in [5.74, 6) is 0.386. The van der Waals surface area contributed by atoms with Gasteiger partial charge in [0.1, 0.15) is 12.0 Å². The summed E-state index contributed by atoms with van der Waals surface area (Å²) in [7, 11) is 0. The fourth-order valence-corrected chi connectivity index (χ4v) is 5.62. The van der Waals surface area contributed by atoms with Crippen LogP contribution in [0.3, 0.4) is 0 Å². The number of anilines is 3. The summed E-state index contributed by atoms with van der Waals surface area (Å²) in [6.45, 7) is 2.44. The van der Waals surface area contributed by atoms with E-state index >= 15 is 0 Å². The lowest BCUT2D eigenvalue weighted by molar-refractivity contribution is 0.175. The van der Waals surface area contributed by atoms with E-state index in [0.717, 1.165) is 23.6 Å². The Hall–Kier alpha value is -2.92. The molecule has 0 spiro atoms. The smallest absolute Gasteiger partial charge is 0.211 e.